The summed E-state index contributed by atoms with van der Waals surface area (Å²) in [4.78, 5) is 27.3. The smallest absolute Gasteiger partial charge is 0.259 e. The largest absolute Gasteiger partial charge is 0.495 e. The zero-order valence-corrected chi connectivity index (χ0v) is 11.8. The summed E-state index contributed by atoms with van der Waals surface area (Å²) < 4.78 is 5.06. The van der Waals surface area contributed by atoms with Crippen LogP contribution >= 0.6 is 11.3 Å². The van der Waals surface area contributed by atoms with E-state index >= 15 is 0 Å². The van der Waals surface area contributed by atoms with Crippen molar-refractivity contribution in [1.29, 1.82) is 0 Å². The molecule has 1 aromatic carbocycles. The average Bonchev–Trinajstić information content (AvgIpc) is 2.87. The standard InChI is InChI=1S/C13H13N3O3S/c1-7(17)9-6-20-13(15-9)16-12(18)8-4-3-5-10(19-2)11(8)14/h3-6H,14H2,1-2H3,(H,15,16,18). The van der Waals surface area contributed by atoms with Gasteiger partial charge in [-0.25, -0.2) is 4.98 Å². The number of thiazole rings is 1. The van der Waals surface area contributed by atoms with E-state index in [1.807, 2.05) is 0 Å². The van der Waals surface area contributed by atoms with Crippen LogP contribution in [-0.2, 0) is 0 Å². The van der Waals surface area contributed by atoms with E-state index in [1.54, 1.807) is 23.6 Å². The van der Waals surface area contributed by atoms with Gasteiger partial charge in [0.2, 0.25) is 0 Å². The van der Waals surface area contributed by atoms with E-state index in [4.69, 9.17) is 10.5 Å². The van der Waals surface area contributed by atoms with Crippen molar-refractivity contribution in [2.75, 3.05) is 18.2 Å². The van der Waals surface area contributed by atoms with Gasteiger partial charge in [0.15, 0.2) is 10.9 Å². The Hall–Kier alpha value is -2.41. The van der Waals surface area contributed by atoms with Gasteiger partial charge in [-0.3, -0.25) is 14.9 Å². The topological polar surface area (TPSA) is 94.3 Å². The number of aromatic nitrogens is 1. The van der Waals surface area contributed by atoms with Gasteiger partial charge in [0.1, 0.15) is 11.4 Å². The summed E-state index contributed by atoms with van der Waals surface area (Å²) in [6.07, 6.45) is 0. The number of nitrogens with zero attached hydrogens (tertiary/aromatic N) is 1. The number of methoxy groups -OCH3 is 1. The lowest BCUT2D eigenvalue weighted by molar-refractivity contribution is 0.100. The zero-order valence-electron chi connectivity index (χ0n) is 11.0. The van der Waals surface area contributed by atoms with Gasteiger partial charge in [-0.2, -0.15) is 0 Å². The highest BCUT2D eigenvalue weighted by molar-refractivity contribution is 7.14. The normalized spacial score (nSPS) is 10.1. The lowest BCUT2D eigenvalue weighted by atomic mass is 10.1. The van der Waals surface area contributed by atoms with Gasteiger partial charge in [-0.05, 0) is 12.1 Å². The summed E-state index contributed by atoms with van der Waals surface area (Å²) in [5, 5.41) is 4.55. The van der Waals surface area contributed by atoms with Gasteiger partial charge in [-0.15, -0.1) is 11.3 Å². The van der Waals surface area contributed by atoms with Crippen molar-refractivity contribution in [2.24, 2.45) is 0 Å². The van der Waals surface area contributed by atoms with Crippen LogP contribution in [0.3, 0.4) is 0 Å². The molecule has 3 N–H and O–H groups in total. The van der Waals surface area contributed by atoms with Gasteiger partial charge < -0.3 is 10.5 Å². The number of carbonyl (C=O) groups excluding carboxylic acids is 2. The van der Waals surface area contributed by atoms with Crippen LogP contribution in [0.2, 0.25) is 0 Å². The Balaban J connectivity index is 2.21. The Kier molecular flexibility index (Phi) is 3.99. The van der Waals surface area contributed by atoms with Crippen molar-refractivity contribution in [2.45, 2.75) is 6.92 Å². The van der Waals surface area contributed by atoms with Gasteiger partial charge >= 0.3 is 0 Å². The van der Waals surface area contributed by atoms with Gasteiger partial charge in [-0.1, -0.05) is 6.07 Å². The van der Waals surface area contributed by atoms with Crippen molar-refractivity contribution in [3.05, 3.63) is 34.8 Å². The SMILES string of the molecule is COc1cccc(C(=O)Nc2nc(C(C)=O)cs2)c1N. The molecule has 0 saturated heterocycles. The summed E-state index contributed by atoms with van der Waals surface area (Å²) in [6.45, 7) is 1.42. The van der Waals surface area contributed by atoms with Crippen LogP contribution in [-0.4, -0.2) is 23.8 Å². The van der Waals surface area contributed by atoms with E-state index in [2.05, 4.69) is 10.3 Å². The highest BCUT2D eigenvalue weighted by Gasteiger charge is 2.15. The molecule has 7 heteroatoms. The fourth-order valence-electron chi connectivity index (χ4n) is 1.58. The minimum atomic E-state index is -0.397. The molecule has 1 aromatic heterocycles. The van der Waals surface area contributed by atoms with Crippen molar-refractivity contribution in [1.82, 2.24) is 4.98 Å². The maximum absolute atomic E-state index is 12.1. The molecule has 0 aliphatic carbocycles. The second kappa shape index (κ2) is 5.70. The number of para-hydroxylation sites is 1. The number of ketones is 1. The second-order valence-electron chi connectivity index (χ2n) is 3.97. The molecule has 0 saturated carbocycles. The maximum atomic E-state index is 12.1. The average molecular weight is 291 g/mol. The zero-order chi connectivity index (χ0) is 14.7. The molecular weight excluding hydrogens is 278 g/mol. The van der Waals surface area contributed by atoms with Crippen molar-refractivity contribution >= 4 is 33.8 Å². The van der Waals surface area contributed by atoms with E-state index in [-0.39, 0.29) is 11.5 Å². The molecule has 0 radical (unpaired) electrons. The van der Waals surface area contributed by atoms with Gasteiger partial charge in [0.05, 0.1) is 18.4 Å². The van der Waals surface area contributed by atoms with Gasteiger partial charge in [0, 0.05) is 12.3 Å². The monoisotopic (exact) mass is 291 g/mol. The Labute approximate surface area is 119 Å². The predicted octanol–water partition coefficient (Wildman–Crippen LogP) is 2.19. The summed E-state index contributed by atoms with van der Waals surface area (Å²) in [5.41, 5.74) is 6.72. The van der Waals surface area contributed by atoms with E-state index in [0.717, 1.165) is 0 Å². The van der Waals surface area contributed by atoms with Crippen LogP contribution in [0.15, 0.2) is 23.6 Å². The Morgan fingerprint density at radius 3 is 2.75 bits per heavy atom. The molecule has 0 unspecified atom stereocenters. The molecule has 20 heavy (non-hydrogen) atoms. The quantitative estimate of drug-likeness (QED) is 0.665. The Morgan fingerprint density at radius 1 is 1.40 bits per heavy atom. The molecule has 2 aromatic rings. The first kappa shape index (κ1) is 14.0. The molecule has 0 aliphatic rings. The molecule has 0 aliphatic heterocycles. The van der Waals surface area contributed by atoms with Crippen LogP contribution in [0.1, 0.15) is 27.8 Å². The van der Waals surface area contributed by atoms with Crippen molar-refractivity contribution in [3.63, 3.8) is 0 Å². The molecular formula is C13H13N3O3S. The maximum Gasteiger partial charge on any atom is 0.259 e. The third-order valence-corrected chi connectivity index (χ3v) is 3.37. The fraction of sp³-hybridized carbons (Fsp3) is 0.154. The number of carbonyl (C=O) groups is 2. The first-order valence-electron chi connectivity index (χ1n) is 5.73. The predicted molar refractivity (Wildman–Crippen MR) is 77.5 cm³/mol. The van der Waals surface area contributed by atoms with Crippen LogP contribution in [0.4, 0.5) is 10.8 Å². The number of benzene rings is 1. The molecule has 0 spiro atoms. The molecule has 0 atom stereocenters. The number of rotatable bonds is 4. The third kappa shape index (κ3) is 2.77. The molecule has 1 heterocycles. The van der Waals surface area contributed by atoms with E-state index in [1.165, 1.54) is 25.4 Å². The molecule has 0 fully saturated rings. The van der Waals surface area contributed by atoms with Crippen LogP contribution in [0.5, 0.6) is 5.75 Å². The third-order valence-electron chi connectivity index (χ3n) is 2.62. The molecule has 2 rings (SSSR count). The van der Waals surface area contributed by atoms with Crippen LogP contribution in [0.25, 0.3) is 0 Å². The van der Waals surface area contributed by atoms with E-state index in [9.17, 15) is 9.59 Å². The van der Waals surface area contributed by atoms with Crippen LogP contribution < -0.4 is 15.8 Å². The highest BCUT2D eigenvalue weighted by atomic mass is 32.1. The molecule has 104 valence electrons. The first-order chi connectivity index (χ1) is 9.52. The summed E-state index contributed by atoms with van der Waals surface area (Å²) >= 11 is 1.18. The molecule has 1 amide bonds. The molecule has 6 nitrogen and oxygen atoms in total. The van der Waals surface area contributed by atoms with Crippen molar-refractivity contribution < 1.29 is 14.3 Å². The number of ether oxygens (including phenoxy) is 1. The number of nitrogens with one attached hydrogen (secondary N) is 1. The lowest BCUT2D eigenvalue weighted by Crippen LogP contribution is -2.14. The number of amides is 1. The number of nitrogens with two attached hydrogens (primary N) is 1. The summed E-state index contributed by atoms with van der Waals surface area (Å²) in [6, 6.07) is 4.93. The van der Waals surface area contributed by atoms with Crippen molar-refractivity contribution in [3.8, 4) is 5.75 Å². The number of anilines is 2. The number of hydrogen-bond acceptors (Lipinski definition) is 6. The van der Waals surface area contributed by atoms with Crippen LogP contribution in [0, 0.1) is 0 Å². The highest BCUT2D eigenvalue weighted by Crippen LogP contribution is 2.26. The first-order valence-corrected chi connectivity index (χ1v) is 6.61. The summed E-state index contributed by atoms with van der Waals surface area (Å²) in [5.74, 6) is -0.116. The number of nitrogen functional groups attached to an aromatic ring is 1. The fourth-order valence-corrected chi connectivity index (χ4v) is 2.32. The summed E-state index contributed by atoms with van der Waals surface area (Å²) in [7, 11) is 1.48. The van der Waals surface area contributed by atoms with Gasteiger partial charge in [0.25, 0.3) is 5.91 Å². The molecule has 0 bridgehead atoms. The Morgan fingerprint density at radius 2 is 2.15 bits per heavy atom. The Bertz CT molecular complexity index is 667. The lowest BCUT2D eigenvalue weighted by Gasteiger charge is -2.09. The second-order valence-corrected chi connectivity index (χ2v) is 4.83. The number of Topliss-reactive ketones (excluding diaryl/α,β-unsaturated/α-hetero) is 1. The minimum Gasteiger partial charge on any atom is -0.495 e. The minimum absolute atomic E-state index is 0.150. The van der Waals surface area contributed by atoms with E-state index < -0.39 is 5.91 Å². The van der Waals surface area contributed by atoms with E-state index in [0.29, 0.717) is 22.1 Å². The number of hydrogen-bond donors (Lipinski definition) is 2.